The molecular formula is C18H17NO5S. The fraction of sp³-hybridized carbons (Fsp3) is 0.222. The molecule has 0 aromatic heterocycles. The number of Topliss-reactive ketones (excluding diaryl/α,β-unsaturated/α-hetero) is 1. The van der Waals surface area contributed by atoms with Crippen molar-refractivity contribution < 1.29 is 19.2 Å². The van der Waals surface area contributed by atoms with Crippen LogP contribution < -0.4 is 0 Å². The predicted molar refractivity (Wildman–Crippen MR) is 95.0 cm³/mol. The maximum atomic E-state index is 12.1. The molecule has 0 amide bonds. The molecule has 0 aliphatic rings. The summed E-state index contributed by atoms with van der Waals surface area (Å²) < 4.78 is 5.01. The quantitative estimate of drug-likeness (QED) is 0.246. The van der Waals surface area contributed by atoms with E-state index in [9.17, 15) is 19.7 Å². The Balaban J connectivity index is 1.82. The third-order valence-electron chi connectivity index (χ3n) is 3.45. The number of nitrogens with zero attached hydrogens (tertiary/aromatic N) is 1. The number of esters is 1. The number of benzene rings is 2. The van der Waals surface area contributed by atoms with Gasteiger partial charge in [0, 0.05) is 22.6 Å². The first-order valence-corrected chi connectivity index (χ1v) is 8.48. The van der Waals surface area contributed by atoms with Crippen LogP contribution in [0.15, 0.2) is 47.4 Å². The van der Waals surface area contributed by atoms with Crippen molar-refractivity contribution in [2.45, 2.75) is 18.7 Å². The van der Waals surface area contributed by atoms with E-state index in [4.69, 9.17) is 4.74 Å². The van der Waals surface area contributed by atoms with Gasteiger partial charge >= 0.3 is 5.97 Å². The van der Waals surface area contributed by atoms with Gasteiger partial charge in [-0.2, -0.15) is 0 Å². The van der Waals surface area contributed by atoms with Crippen molar-refractivity contribution in [2.75, 3.05) is 12.4 Å². The van der Waals surface area contributed by atoms with Crippen LogP contribution in [0.4, 0.5) is 5.69 Å². The lowest BCUT2D eigenvalue weighted by Crippen LogP contribution is -2.16. The van der Waals surface area contributed by atoms with Crippen LogP contribution in [0.5, 0.6) is 0 Å². The average molecular weight is 359 g/mol. The van der Waals surface area contributed by atoms with E-state index in [2.05, 4.69) is 0 Å². The molecule has 130 valence electrons. The first-order chi connectivity index (χ1) is 11.9. The maximum Gasteiger partial charge on any atom is 0.316 e. The van der Waals surface area contributed by atoms with Gasteiger partial charge in [-0.15, -0.1) is 11.8 Å². The van der Waals surface area contributed by atoms with Crippen molar-refractivity contribution in [3.05, 3.63) is 69.3 Å². The Bertz CT molecular complexity index is 802. The molecule has 0 bridgehead atoms. The first-order valence-electron chi connectivity index (χ1n) is 7.50. The summed E-state index contributed by atoms with van der Waals surface area (Å²) in [6.45, 7) is 3.48. The second-order valence-corrected chi connectivity index (χ2v) is 6.49. The van der Waals surface area contributed by atoms with Crippen LogP contribution in [0.25, 0.3) is 0 Å². The number of ether oxygens (including phenoxy) is 1. The standard InChI is InChI=1S/C18H17NO5S/c1-12-3-8-16(13(2)9-12)17(20)10-24-18(21)11-25-15-6-4-14(5-7-15)19(22)23/h3-9H,10-11H2,1-2H3. The SMILES string of the molecule is Cc1ccc(C(=O)COC(=O)CSc2ccc([N+](=O)[O-])cc2)c(C)c1. The van der Waals surface area contributed by atoms with E-state index in [0.717, 1.165) is 11.1 Å². The summed E-state index contributed by atoms with van der Waals surface area (Å²) in [6.07, 6.45) is 0. The van der Waals surface area contributed by atoms with E-state index < -0.39 is 10.9 Å². The van der Waals surface area contributed by atoms with Crippen molar-refractivity contribution in [1.82, 2.24) is 0 Å². The summed E-state index contributed by atoms with van der Waals surface area (Å²) in [6, 6.07) is 11.3. The minimum Gasteiger partial charge on any atom is -0.457 e. The summed E-state index contributed by atoms with van der Waals surface area (Å²) >= 11 is 1.19. The van der Waals surface area contributed by atoms with Crippen LogP contribution in [0.1, 0.15) is 21.5 Å². The third kappa shape index (κ3) is 5.42. The number of thioether (sulfide) groups is 1. The molecule has 0 aliphatic heterocycles. The lowest BCUT2D eigenvalue weighted by Gasteiger charge is -2.07. The van der Waals surface area contributed by atoms with Crippen LogP contribution in [-0.2, 0) is 9.53 Å². The summed E-state index contributed by atoms with van der Waals surface area (Å²) in [5, 5.41) is 10.6. The van der Waals surface area contributed by atoms with Crippen molar-refractivity contribution in [3.63, 3.8) is 0 Å². The number of carbonyl (C=O) groups excluding carboxylic acids is 2. The van der Waals surface area contributed by atoms with Crippen molar-refractivity contribution in [1.29, 1.82) is 0 Å². The van der Waals surface area contributed by atoms with Gasteiger partial charge in [0.2, 0.25) is 5.78 Å². The lowest BCUT2D eigenvalue weighted by molar-refractivity contribution is -0.384. The Morgan fingerprint density at radius 2 is 1.80 bits per heavy atom. The van der Waals surface area contributed by atoms with Crippen LogP contribution in [0.3, 0.4) is 0 Å². The molecule has 0 radical (unpaired) electrons. The molecule has 0 atom stereocenters. The van der Waals surface area contributed by atoms with Crippen LogP contribution in [0, 0.1) is 24.0 Å². The molecule has 7 heteroatoms. The number of rotatable bonds is 7. The molecule has 0 unspecified atom stereocenters. The fourth-order valence-electron chi connectivity index (χ4n) is 2.20. The Hall–Kier alpha value is -2.67. The molecule has 0 saturated carbocycles. The summed E-state index contributed by atoms with van der Waals surface area (Å²) in [5.74, 6) is -0.731. The Morgan fingerprint density at radius 1 is 1.12 bits per heavy atom. The predicted octanol–water partition coefficient (Wildman–Crippen LogP) is 3.73. The Morgan fingerprint density at radius 3 is 2.40 bits per heavy atom. The zero-order chi connectivity index (χ0) is 18.4. The van der Waals surface area contributed by atoms with Gasteiger partial charge in [-0.1, -0.05) is 23.8 Å². The average Bonchev–Trinajstić information content (AvgIpc) is 2.58. The minimum atomic E-state index is -0.513. The largest absolute Gasteiger partial charge is 0.457 e. The summed E-state index contributed by atoms with van der Waals surface area (Å²) in [5.41, 5.74) is 2.44. The number of non-ortho nitro benzene ring substituents is 1. The van der Waals surface area contributed by atoms with Gasteiger partial charge in [-0.3, -0.25) is 19.7 Å². The zero-order valence-electron chi connectivity index (χ0n) is 13.9. The highest BCUT2D eigenvalue weighted by Crippen LogP contribution is 2.21. The van der Waals surface area contributed by atoms with Gasteiger partial charge in [0.25, 0.3) is 5.69 Å². The minimum absolute atomic E-state index is 0.00834. The highest BCUT2D eigenvalue weighted by Gasteiger charge is 2.13. The topological polar surface area (TPSA) is 86.5 Å². The highest BCUT2D eigenvalue weighted by molar-refractivity contribution is 8.00. The maximum absolute atomic E-state index is 12.1. The summed E-state index contributed by atoms with van der Waals surface area (Å²) in [4.78, 5) is 34.7. The zero-order valence-corrected chi connectivity index (χ0v) is 14.7. The van der Waals surface area contributed by atoms with Crippen LogP contribution >= 0.6 is 11.8 Å². The summed E-state index contributed by atoms with van der Waals surface area (Å²) in [7, 11) is 0. The van der Waals surface area contributed by atoms with Crippen LogP contribution in [0.2, 0.25) is 0 Å². The smallest absolute Gasteiger partial charge is 0.316 e. The van der Waals surface area contributed by atoms with E-state index in [1.165, 1.54) is 23.9 Å². The number of aryl methyl sites for hydroxylation is 2. The Kier molecular flexibility index (Phi) is 6.30. The van der Waals surface area contributed by atoms with Gasteiger partial charge in [0.1, 0.15) is 0 Å². The van der Waals surface area contributed by atoms with E-state index >= 15 is 0 Å². The lowest BCUT2D eigenvalue weighted by atomic mass is 10.0. The molecule has 0 fully saturated rings. The first kappa shape index (κ1) is 18.7. The normalized spacial score (nSPS) is 10.3. The van der Waals surface area contributed by atoms with E-state index in [1.54, 1.807) is 18.2 Å². The molecule has 0 N–H and O–H groups in total. The molecule has 0 aliphatic carbocycles. The molecule has 6 nitrogen and oxygen atoms in total. The molecule has 25 heavy (non-hydrogen) atoms. The second kappa shape index (κ2) is 8.43. The Labute approximate surface area is 149 Å². The highest BCUT2D eigenvalue weighted by atomic mass is 32.2. The molecular weight excluding hydrogens is 342 g/mol. The number of hydrogen-bond donors (Lipinski definition) is 0. The van der Waals surface area contributed by atoms with Crippen LogP contribution in [-0.4, -0.2) is 29.0 Å². The van der Waals surface area contributed by atoms with Gasteiger partial charge < -0.3 is 4.74 Å². The van der Waals surface area contributed by atoms with Crippen molar-refractivity contribution >= 4 is 29.2 Å². The van der Waals surface area contributed by atoms with Gasteiger partial charge in [0.05, 0.1) is 10.7 Å². The molecule has 2 aromatic rings. The number of nitro benzene ring substituents is 1. The van der Waals surface area contributed by atoms with Gasteiger partial charge in [-0.05, 0) is 31.5 Å². The van der Waals surface area contributed by atoms with E-state index in [1.807, 2.05) is 26.0 Å². The van der Waals surface area contributed by atoms with E-state index in [0.29, 0.717) is 10.5 Å². The molecule has 0 heterocycles. The monoisotopic (exact) mass is 359 g/mol. The van der Waals surface area contributed by atoms with Gasteiger partial charge in [-0.25, -0.2) is 0 Å². The molecule has 0 spiro atoms. The van der Waals surface area contributed by atoms with Crippen molar-refractivity contribution in [3.8, 4) is 0 Å². The number of hydrogen-bond acceptors (Lipinski definition) is 6. The van der Waals surface area contributed by atoms with E-state index in [-0.39, 0.29) is 23.8 Å². The molecule has 0 saturated heterocycles. The second-order valence-electron chi connectivity index (χ2n) is 5.44. The number of nitro groups is 1. The van der Waals surface area contributed by atoms with Gasteiger partial charge in [0.15, 0.2) is 6.61 Å². The van der Waals surface area contributed by atoms with Crippen molar-refractivity contribution in [2.24, 2.45) is 0 Å². The third-order valence-corrected chi connectivity index (χ3v) is 4.44. The number of ketones is 1. The number of carbonyl (C=O) groups is 2. The molecule has 2 aromatic carbocycles. The molecule has 2 rings (SSSR count). The fourth-order valence-corrected chi connectivity index (χ4v) is 2.89.